The maximum Gasteiger partial charge on any atom is 0.272 e. The van der Waals surface area contributed by atoms with E-state index in [0.29, 0.717) is 37.9 Å². The summed E-state index contributed by atoms with van der Waals surface area (Å²) >= 11 is 0. The van der Waals surface area contributed by atoms with Gasteiger partial charge in [-0.05, 0) is 41.7 Å². The molecule has 0 spiro atoms. The molecule has 1 aliphatic rings. The van der Waals surface area contributed by atoms with Crippen LogP contribution in [-0.4, -0.2) is 57.7 Å². The number of aliphatic hydroxyl groups excluding tert-OH is 1. The molecule has 162 valence electrons. The number of halogens is 1. The van der Waals surface area contributed by atoms with Crippen LogP contribution < -0.4 is 5.32 Å². The van der Waals surface area contributed by atoms with E-state index in [0.717, 1.165) is 29.5 Å². The fourth-order valence-electron chi connectivity index (χ4n) is 4.09. The van der Waals surface area contributed by atoms with Crippen LogP contribution in [0.5, 0.6) is 0 Å². The molecule has 2 heterocycles. The Hall–Kier alpha value is -3.03. The molecule has 0 bridgehead atoms. The van der Waals surface area contributed by atoms with Crippen LogP contribution in [0.15, 0.2) is 61.1 Å². The first-order valence-corrected chi connectivity index (χ1v) is 10.6. The lowest BCUT2D eigenvalue weighted by Gasteiger charge is -2.32. The van der Waals surface area contributed by atoms with Gasteiger partial charge in [-0.2, -0.15) is 0 Å². The minimum Gasteiger partial charge on any atom is -0.395 e. The van der Waals surface area contributed by atoms with Crippen molar-refractivity contribution in [3.8, 4) is 11.1 Å². The van der Waals surface area contributed by atoms with Crippen LogP contribution in [0.2, 0.25) is 0 Å². The number of imidazole rings is 1. The van der Waals surface area contributed by atoms with Gasteiger partial charge in [0.25, 0.3) is 5.91 Å². The van der Waals surface area contributed by atoms with E-state index < -0.39 is 0 Å². The zero-order chi connectivity index (χ0) is 21.6. The van der Waals surface area contributed by atoms with Crippen LogP contribution in [-0.2, 0) is 6.54 Å². The van der Waals surface area contributed by atoms with Crippen molar-refractivity contribution < 1.29 is 14.3 Å². The Morgan fingerprint density at radius 1 is 1.13 bits per heavy atom. The van der Waals surface area contributed by atoms with Crippen molar-refractivity contribution in [2.24, 2.45) is 0 Å². The standard InChI is InChI=1S/C24H27FN4O2/c25-20-7-5-18(6-8-20)22-4-2-1-3-19(22)16-29-17-26-15-23(29)24(31)28-12-9-21(10-13-28)27-11-14-30/h1-8,15,17,21,27,30H,9-14,16H2. The summed E-state index contributed by atoms with van der Waals surface area (Å²) in [5.41, 5.74) is 3.54. The van der Waals surface area contributed by atoms with Crippen LogP contribution in [0.25, 0.3) is 11.1 Å². The number of nitrogens with one attached hydrogen (secondary N) is 1. The fourth-order valence-corrected chi connectivity index (χ4v) is 4.09. The second-order valence-electron chi connectivity index (χ2n) is 7.82. The molecule has 1 amide bonds. The van der Waals surface area contributed by atoms with Gasteiger partial charge in [-0.15, -0.1) is 0 Å². The van der Waals surface area contributed by atoms with Crippen molar-refractivity contribution >= 4 is 5.91 Å². The molecule has 1 fully saturated rings. The highest BCUT2D eigenvalue weighted by atomic mass is 19.1. The van der Waals surface area contributed by atoms with Gasteiger partial charge in [-0.3, -0.25) is 4.79 Å². The summed E-state index contributed by atoms with van der Waals surface area (Å²) in [6.45, 7) is 2.57. The van der Waals surface area contributed by atoms with Crippen molar-refractivity contribution in [2.75, 3.05) is 26.2 Å². The molecule has 0 atom stereocenters. The monoisotopic (exact) mass is 422 g/mol. The number of rotatable bonds is 7. The number of hydrogen-bond donors (Lipinski definition) is 2. The third kappa shape index (κ3) is 5.00. The Balaban J connectivity index is 1.49. The Labute approximate surface area is 181 Å². The number of hydrogen-bond acceptors (Lipinski definition) is 4. The van der Waals surface area contributed by atoms with Crippen LogP contribution in [0.4, 0.5) is 4.39 Å². The summed E-state index contributed by atoms with van der Waals surface area (Å²) in [6, 6.07) is 14.7. The summed E-state index contributed by atoms with van der Waals surface area (Å²) < 4.78 is 15.2. The number of nitrogens with zero attached hydrogens (tertiary/aromatic N) is 3. The van der Waals surface area contributed by atoms with Crippen molar-refractivity contribution in [2.45, 2.75) is 25.4 Å². The third-order valence-corrected chi connectivity index (χ3v) is 5.77. The molecule has 2 N–H and O–H groups in total. The maximum atomic E-state index is 13.3. The minimum absolute atomic E-state index is 0.0163. The van der Waals surface area contributed by atoms with E-state index in [1.807, 2.05) is 33.7 Å². The Kier molecular flexibility index (Phi) is 6.74. The molecule has 2 aromatic carbocycles. The van der Waals surface area contributed by atoms with Crippen LogP contribution in [0.1, 0.15) is 28.9 Å². The Morgan fingerprint density at radius 2 is 1.87 bits per heavy atom. The molecule has 1 saturated heterocycles. The lowest BCUT2D eigenvalue weighted by molar-refractivity contribution is 0.0693. The van der Waals surface area contributed by atoms with Gasteiger partial charge in [0.2, 0.25) is 0 Å². The van der Waals surface area contributed by atoms with E-state index in [1.54, 1.807) is 24.7 Å². The summed E-state index contributed by atoms with van der Waals surface area (Å²) in [5.74, 6) is -0.281. The summed E-state index contributed by atoms with van der Waals surface area (Å²) in [7, 11) is 0. The van der Waals surface area contributed by atoms with E-state index in [4.69, 9.17) is 5.11 Å². The van der Waals surface area contributed by atoms with E-state index in [2.05, 4.69) is 10.3 Å². The van der Waals surface area contributed by atoms with Gasteiger partial charge in [0.15, 0.2) is 0 Å². The lowest BCUT2D eigenvalue weighted by atomic mass is 9.99. The van der Waals surface area contributed by atoms with E-state index >= 15 is 0 Å². The lowest BCUT2D eigenvalue weighted by Crippen LogP contribution is -2.45. The SMILES string of the molecule is O=C(c1cncn1Cc1ccccc1-c1ccc(F)cc1)N1CCC(NCCO)CC1. The van der Waals surface area contributed by atoms with Crippen molar-refractivity contribution in [3.63, 3.8) is 0 Å². The molecule has 6 nitrogen and oxygen atoms in total. The van der Waals surface area contributed by atoms with Gasteiger partial charge in [-0.25, -0.2) is 9.37 Å². The molecule has 4 rings (SSSR count). The second-order valence-corrected chi connectivity index (χ2v) is 7.82. The smallest absolute Gasteiger partial charge is 0.272 e. The molecule has 1 aliphatic heterocycles. The van der Waals surface area contributed by atoms with E-state index in [1.165, 1.54) is 12.1 Å². The highest BCUT2D eigenvalue weighted by Crippen LogP contribution is 2.25. The predicted octanol–water partition coefficient (Wildman–Crippen LogP) is 2.92. The summed E-state index contributed by atoms with van der Waals surface area (Å²) in [6.07, 6.45) is 5.05. The zero-order valence-corrected chi connectivity index (χ0v) is 17.4. The van der Waals surface area contributed by atoms with Crippen LogP contribution >= 0.6 is 0 Å². The summed E-state index contributed by atoms with van der Waals surface area (Å²) in [5, 5.41) is 12.3. The van der Waals surface area contributed by atoms with Gasteiger partial charge >= 0.3 is 0 Å². The van der Waals surface area contributed by atoms with Crippen LogP contribution in [0.3, 0.4) is 0 Å². The van der Waals surface area contributed by atoms with Crippen molar-refractivity contribution in [1.82, 2.24) is 19.8 Å². The fraction of sp³-hybridized carbons (Fsp3) is 0.333. The number of piperidine rings is 1. The van der Waals surface area contributed by atoms with Crippen molar-refractivity contribution in [3.05, 3.63) is 78.1 Å². The number of carbonyl (C=O) groups excluding carboxylic acids is 1. The van der Waals surface area contributed by atoms with Gasteiger partial charge in [0.05, 0.1) is 19.1 Å². The van der Waals surface area contributed by atoms with E-state index in [-0.39, 0.29) is 18.3 Å². The zero-order valence-electron chi connectivity index (χ0n) is 17.4. The molecule has 31 heavy (non-hydrogen) atoms. The first kappa shape index (κ1) is 21.2. The third-order valence-electron chi connectivity index (χ3n) is 5.77. The highest BCUT2D eigenvalue weighted by Gasteiger charge is 2.25. The van der Waals surface area contributed by atoms with Crippen LogP contribution in [0, 0.1) is 5.82 Å². The summed E-state index contributed by atoms with van der Waals surface area (Å²) in [4.78, 5) is 19.2. The molecular weight excluding hydrogens is 395 g/mol. The highest BCUT2D eigenvalue weighted by molar-refractivity contribution is 5.92. The molecule has 7 heteroatoms. The number of carbonyl (C=O) groups is 1. The van der Waals surface area contributed by atoms with E-state index in [9.17, 15) is 9.18 Å². The largest absolute Gasteiger partial charge is 0.395 e. The molecule has 3 aromatic rings. The average molecular weight is 423 g/mol. The molecule has 0 radical (unpaired) electrons. The Morgan fingerprint density at radius 3 is 2.61 bits per heavy atom. The number of aliphatic hydroxyl groups is 1. The predicted molar refractivity (Wildman–Crippen MR) is 117 cm³/mol. The Bertz CT molecular complexity index is 1010. The van der Waals surface area contributed by atoms with Gasteiger partial charge < -0.3 is 19.9 Å². The minimum atomic E-state index is -0.265. The maximum absolute atomic E-state index is 13.3. The quantitative estimate of drug-likeness (QED) is 0.614. The number of aromatic nitrogens is 2. The molecule has 0 unspecified atom stereocenters. The first-order valence-electron chi connectivity index (χ1n) is 10.6. The first-order chi connectivity index (χ1) is 15.2. The average Bonchev–Trinajstić information content (AvgIpc) is 3.27. The molecule has 1 aromatic heterocycles. The second kappa shape index (κ2) is 9.85. The molecule has 0 aliphatic carbocycles. The van der Waals surface area contributed by atoms with Crippen molar-refractivity contribution in [1.29, 1.82) is 0 Å². The topological polar surface area (TPSA) is 70.4 Å². The number of likely N-dealkylation sites (tertiary alicyclic amines) is 1. The van der Waals surface area contributed by atoms with Gasteiger partial charge in [0, 0.05) is 32.2 Å². The van der Waals surface area contributed by atoms with Gasteiger partial charge in [-0.1, -0.05) is 36.4 Å². The number of amides is 1. The molecular formula is C24H27FN4O2. The van der Waals surface area contributed by atoms with Gasteiger partial charge in [0.1, 0.15) is 11.5 Å². The molecule has 0 saturated carbocycles. The normalized spacial score (nSPS) is 14.7. The number of benzene rings is 2.